The quantitative estimate of drug-likeness (QED) is 0.816. The van der Waals surface area contributed by atoms with Crippen LogP contribution in [0.15, 0.2) is 4.99 Å². The van der Waals surface area contributed by atoms with Gasteiger partial charge in [0, 0.05) is 6.54 Å². The van der Waals surface area contributed by atoms with Gasteiger partial charge in [-0.2, -0.15) is 0 Å². The maximum absolute atomic E-state index is 12.4. The molecule has 1 saturated carbocycles. The summed E-state index contributed by atoms with van der Waals surface area (Å²) in [6, 6.07) is 0. The molecule has 4 heteroatoms. The Balaban J connectivity index is 2.07. The molecule has 0 aromatic rings. The molecule has 2 fully saturated rings. The Morgan fingerprint density at radius 3 is 2.70 bits per heavy atom. The first kappa shape index (κ1) is 15.3. The summed E-state index contributed by atoms with van der Waals surface area (Å²) in [5.41, 5.74) is -0.0632. The fraction of sp³-hybridized carbons (Fsp3) is 0.875. The number of aliphatic imine (C=N–C) groups is 1. The average molecular weight is 279 g/mol. The minimum Gasteiger partial charge on any atom is -0.342 e. The Bertz CT molecular complexity index is 397. The van der Waals surface area contributed by atoms with E-state index < -0.39 is 5.54 Å². The van der Waals surface area contributed by atoms with Crippen LogP contribution in [-0.2, 0) is 4.79 Å². The molecule has 4 nitrogen and oxygen atoms in total. The van der Waals surface area contributed by atoms with Crippen LogP contribution in [0.5, 0.6) is 0 Å². The molecule has 1 aliphatic heterocycles. The summed E-state index contributed by atoms with van der Waals surface area (Å²) < 4.78 is 0. The van der Waals surface area contributed by atoms with Crippen LogP contribution in [-0.4, -0.2) is 24.0 Å². The lowest BCUT2D eigenvalue weighted by molar-refractivity contribution is -0.124. The normalized spacial score (nSPS) is 33.1. The van der Waals surface area contributed by atoms with Crippen LogP contribution in [0, 0.1) is 11.3 Å². The maximum atomic E-state index is 12.4. The van der Waals surface area contributed by atoms with Gasteiger partial charge in [0.05, 0.1) is 0 Å². The van der Waals surface area contributed by atoms with Gasteiger partial charge in [0.15, 0.2) is 5.96 Å². The molecule has 2 rings (SSSR count). The van der Waals surface area contributed by atoms with Crippen molar-refractivity contribution < 1.29 is 4.79 Å². The Morgan fingerprint density at radius 2 is 2.05 bits per heavy atom. The average Bonchev–Trinajstić information content (AvgIpc) is 2.55. The number of hydrogen-bond donors (Lipinski definition) is 2. The molecule has 1 saturated heterocycles. The zero-order valence-electron chi connectivity index (χ0n) is 13.4. The van der Waals surface area contributed by atoms with Crippen molar-refractivity contribution in [3.8, 4) is 0 Å². The molecule has 20 heavy (non-hydrogen) atoms. The molecule has 114 valence electrons. The lowest BCUT2D eigenvalue weighted by atomic mass is 9.76. The number of carbonyl (C=O) groups is 1. The third kappa shape index (κ3) is 3.15. The molecule has 1 spiro atoms. The van der Waals surface area contributed by atoms with Crippen LogP contribution in [0.3, 0.4) is 0 Å². The highest BCUT2D eigenvalue weighted by molar-refractivity contribution is 6.09. The van der Waals surface area contributed by atoms with Crippen LogP contribution in [0.25, 0.3) is 0 Å². The second-order valence-electron chi connectivity index (χ2n) is 7.39. The fourth-order valence-electron chi connectivity index (χ4n) is 3.40. The van der Waals surface area contributed by atoms with Crippen molar-refractivity contribution in [1.82, 2.24) is 10.6 Å². The summed E-state index contributed by atoms with van der Waals surface area (Å²) >= 11 is 0. The standard InChI is InChI=1S/C16H29N3O/c1-5-11-17-14-18-13(20)16(19-14)9-6-7-12(8-10-16)15(2,3)4/h12H,5-11H2,1-4H3,(H2,17,18,19,20). The van der Waals surface area contributed by atoms with Crippen molar-refractivity contribution in [1.29, 1.82) is 0 Å². The third-order valence-electron chi connectivity index (χ3n) is 4.82. The van der Waals surface area contributed by atoms with Crippen molar-refractivity contribution in [3.63, 3.8) is 0 Å². The smallest absolute Gasteiger partial charge is 0.252 e. The predicted octanol–water partition coefficient (Wildman–Crippen LogP) is 2.84. The molecule has 0 bridgehead atoms. The van der Waals surface area contributed by atoms with Crippen molar-refractivity contribution in [2.75, 3.05) is 6.54 Å². The number of amides is 1. The van der Waals surface area contributed by atoms with Crippen LogP contribution in [0.1, 0.15) is 66.2 Å². The van der Waals surface area contributed by atoms with Gasteiger partial charge in [0.25, 0.3) is 5.91 Å². The number of guanidine groups is 1. The molecule has 0 aromatic heterocycles. The van der Waals surface area contributed by atoms with E-state index in [4.69, 9.17) is 0 Å². The third-order valence-corrected chi connectivity index (χ3v) is 4.82. The molecule has 2 aliphatic rings. The van der Waals surface area contributed by atoms with Crippen LogP contribution < -0.4 is 10.6 Å². The summed E-state index contributed by atoms with van der Waals surface area (Å²) in [6.45, 7) is 9.79. The molecule has 1 aliphatic carbocycles. The van der Waals surface area contributed by atoms with Crippen molar-refractivity contribution in [2.24, 2.45) is 16.3 Å². The van der Waals surface area contributed by atoms with E-state index >= 15 is 0 Å². The van der Waals surface area contributed by atoms with Crippen molar-refractivity contribution >= 4 is 11.9 Å². The molecule has 1 amide bonds. The van der Waals surface area contributed by atoms with Crippen LogP contribution >= 0.6 is 0 Å². The monoisotopic (exact) mass is 279 g/mol. The Kier molecular flexibility index (Phi) is 4.40. The highest BCUT2D eigenvalue weighted by atomic mass is 16.2. The minimum atomic E-state index is -0.396. The summed E-state index contributed by atoms with van der Waals surface area (Å²) in [5.74, 6) is 1.51. The van der Waals surface area contributed by atoms with Crippen LogP contribution in [0.2, 0.25) is 0 Å². The zero-order valence-corrected chi connectivity index (χ0v) is 13.4. The largest absolute Gasteiger partial charge is 0.342 e. The van der Waals surface area contributed by atoms with Gasteiger partial charge >= 0.3 is 0 Å². The lowest BCUT2D eigenvalue weighted by Gasteiger charge is -2.30. The second kappa shape index (κ2) is 5.74. The summed E-state index contributed by atoms with van der Waals surface area (Å²) in [6.07, 6.45) is 6.30. The van der Waals surface area contributed by atoms with Gasteiger partial charge in [0.1, 0.15) is 5.54 Å². The van der Waals surface area contributed by atoms with E-state index in [9.17, 15) is 4.79 Å². The summed E-state index contributed by atoms with van der Waals surface area (Å²) in [5, 5.41) is 6.32. The van der Waals surface area contributed by atoms with Gasteiger partial charge < -0.3 is 5.32 Å². The van der Waals surface area contributed by atoms with Crippen molar-refractivity contribution in [2.45, 2.75) is 71.8 Å². The van der Waals surface area contributed by atoms with Crippen molar-refractivity contribution in [3.05, 3.63) is 0 Å². The van der Waals surface area contributed by atoms with E-state index in [2.05, 4.69) is 43.3 Å². The number of carbonyl (C=O) groups excluding carboxylic acids is 1. The first-order valence-electron chi connectivity index (χ1n) is 8.01. The molecule has 1 heterocycles. The van der Waals surface area contributed by atoms with Gasteiger partial charge in [-0.05, 0) is 43.4 Å². The van der Waals surface area contributed by atoms with Gasteiger partial charge in [-0.3, -0.25) is 15.1 Å². The van der Waals surface area contributed by atoms with Gasteiger partial charge in [-0.15, -0.1) is 0 Å². The van der Waals surface area contributed by atoms with E-state index in [0.29, 0.717) is 17.3 Å². The Labute approximate surface area is 122 Å². The second-order valence-corrected chi connectivity index (χ2v) is 7.39. The highest BCUT2D eigenvalue weighted by Gasteiger charge is 2.46. The minimum absolute atomic E-state index is 0.127. The predicted molar refractivity (Wildman–Crippen MR) is 82.6 cm³/mol. The van der Waals surface area contributed by atoms with E-state index in [1.165, 1.54) is 6.42 Å². The Morgan fingerprint density at radius 1 is 1.30 bits per heavy atom. The first-order chi connectivity index (χ1) is 9.37. The fourth-order valence-corrected chi connectivity index (χ4v) is 3.40. The molecular formula is C16H29N3O. The summed E-state index contributed by atoms with van der Waals surface area (Å²) in [7, 11) is 0. The lowest BCUT2D eigenvalue weighted by Crippen LogP contribution is -2.46. The number of rotatable bonds is 2. The molecule has 0 aromatic carbocycles. The van der Waals surface area contributed by atoms with E-state index in [0.717, 1.165) is 38.6 Å². The first-order valence-corrected chi connectivity index (χ1v) is 8.01. The van der Waals surface area contributed by atoms with E-state index in [-0.39, 0.29) is 5.91 Å². The topological polar surface area (TPSA) is 53.5 Å². The summed E-state index contributed by atoms with van der Waals surface area (Å²) in [4.78, 5) is 16.8. The maximum Gasteiger partial charge on any atom is 0.252 e. The van der Waals surface area contributed by atoms with Gasteiger partial charge in [-0.25, -0.2) is 0 Å². The number of hydrogen-bond acceptors (Lipinski definition) is 2. The molecule has 2 atom stereocenters. The number of nitrogens with one attached hydrogen (secondary N) is 2. The van der Waals surface area contributed by atoms with Crippen LogP contribution in [0.4, 0.5) is 0 Å². The molecular weight excluding hydrogens is 250 g/mol. The SMILES string of the molecule is CCCN=C1NC(=O)C2(CCCC(C(C)(C)C)CC2)N1. The molecule has 2 N–H and O–H groups in total. The van der Waals surface area contributed by atoms with Gasteiger partial charge in [-0.1, -0.05) is 34.1 Å². The van der Waals surface area contributed by atoms with E-state index in [1.54, 1.807) is 0 Å². The number of nitrogens with zero attached hydrogens (tertiary/aromatic N) is 1. The Hall–Kier alpha value is -1.06. The molecule has 2 unspecified atom stereocenters. The van der Waals surface area contributed by atoms with E-state index in [1.807, 2.05) is 0 Å². The molecule has 0 radical (unpaired) electrons. The zero-order chi connectivity index (χ0) is 14.8. The van der Waals surface area contributed by atoms with Gasteiger partial charge in [0.2, 0.25) is 0 Å². The highest BCUT2D eigenvalue weighted by Crippen LogP contribution is 2.40.